The highest BCUT2D eigenvalue weighted by molar-refractivity contribution is 6.20. The maximum Gasteiger partial charge on any atom is 0.202 e. The van der Waals surface area contributed by atoms with Crippen LogP contribution in [0.4, 0.5) is 5.69 Å². The van der Waals surface area contributed by atoms with Crippen molar-refractivity contribution in [2.45, 2.75) is 6.92 Å². The lowest BCUT2D eigenvalue weighted by molar-refractivity contribution is -0.115. The highest BCUT2D eigenvalue weighted by Gasteiger charge is 2.17. The molecule has 0 radical (unpaired) electrons. The number of nitrogens with one attached hydrogen (secondary N) is 1. The van der Waals surface area contributed by atoms with E-state index in [1.165, 1.54) is 12.2 Å². The molecule has 0 aliphatic heterocycles. The van der Waals surface area contributed by atoms with Gasteiger partial charge in [0.05, 0.1) is 12.8 Å². The number of anilines is 1. The molecule has 0 atom stereocenters. The zero-order valence-corrected chi connectivity index (χ0v) is 10.2. The van der Waals surface area contributed by atoms with Gasteiger partial charge in [0.25, 0.3) is 0 Å². The molecule has 4 heteroatoms. The van der Waals surface area contributed by atoms with Gasteiger partial charge < -0.3 is 10.1 Å². The summed E-state index contributed by atoms with van der Waals surface area (Å²) in [6.07, 6.45) is 2.65. The normalized spacial score (nSPS) is 15.0. The van der Waals surface area contributed by atoms with Crippen molar-refractivity contribution in [3.63, 3.8) is 0 Å². The van der Waals surface area contributed by atoms with E-state index in [1.54, 1.807) is 38.3 Å². The summed E-state index contributed by atoms with van der Waals surface area (Å²) in [6.45, 7) is 1.62. The standard InChI is InChI=1S/C14H13NO3/c1-9-6-14(17)12(8-13(9)16)15-10-4-3-5-11(7-10)18-2/h3-8,15H,1-2H3. The fraction of sp³-hybridized carbons (Fsp3) is 0.143. The molecule has 1 aromatic rings. The molecule has 0 spiro atoms. The number of hydrogen-bond donors (Lipinski definition) is 1. The molecule has 2 rings (SSSR count). The Hall–Kier alpha value is -2.36. The predicted molar refractivity (Wildman–Crippen MR) is 68.5 cm³/mol. The summed E-state index contributed by atoms with van der Waals surface area (Å²) in [6, 6.07) is 7.16. The average molecular weight is 243 g/mol. The molecule has 0 amide bonds. The van der Waals surface area contributed by atoms with Gasteiger partial charge in [0.1, 0.15) is 5.75 Å². The fourth-order valence-electron chi connectivity index (χ4n) is 1.62. The molecule has 4 nitrogen and oxygen atoms in total. The van der Waals surface area contributed by atoms with Crippen molar-refractivity contribution in [3.8, 4) is 5.75 Å². The maximum absolute atomic E-state index is 11.7. The number of ether oxygens (including phenoxy) is 1. The molecule has 1 N–H and O–H groups in total. The first-order valence-electron chi connectivity index (χ1n) is 5.50. The monoisotopic (exact) mass is 243 g/mol. The van der Waals surface area contributed by atoms with Crippen molar-refractivity contribution in [2.75, 3.05) is 12.4 Å². The highest BCUT2D eigenvalue weighted by atomic mass is 16.5. The molecule has 0 saturated carbocycles. The smallest absolute Gasteiger partial charge is 0.202 e. The average Bonchev–Trinajstić information content (AvgIpc) is 2.36. The van der Waals surface area contributed by atoms with E-state index in [0.29, 0.717) is 17.0 Å². The van der Waals surface area contributed by atoms with Crippen LogP contribution in [-0.2, 0) is 9.59 Å². The van der Waals surface area contributed by atoms with E-state index in [9.17, 15) is 9.59 Å². The van der Waals surface area contributed by atoms with E-state index in [0.717, 1.165) is 0 Å². The summed E-state index contributed by atoms with van der Waals surface area (Å²) in [4.78, 5) is 23.2. The Kier molecular flexibility index (Phi) is 3.28. The lowest BCUT2D eigenvalue weighted by Gasteiger charge is -2.12. The van der Waals surface area contributed by atoms with Gasteiger partial charge >= 0.3 is 0 Å². The van der Waals surface area contributed by atoms with Crippen molar-refractivity contribution in [1.29, 1.82) is 0 Å². The highest BCUT2D eigenvalue weighted by Crippen LogP contribution is 2.20. The third-order valence-corrected chi connectivity index (χ3v) is 2.63. The zero-order valence-electron chi connectivity index (χ0n) is 10.2. The van der Waals surface area contributed by atoms with Gasteiger partial charge in [-0.1, -0.05) is 6.07 Å². The molecule has 0 unspecified atom stereocenters. The number of carbonyl (C=O) groups excluding carboxylic acids is 2. The number of methoxy groups -OCH3 is 1. The van der Waals surface area contributed by atoms with E-state index in [4.69, 9.17) is 4.74 Å². The van der Waals surface area contributed by atoms with Gasteiger partial charge in [-0.25, -0.2) is 0 Å². The first kappa shape index (κ1) is 12.1. The van der Waals surface area contributed by atoms with Crippen LogP contribution in [0.15, 0.2) is 47.7 Å². The van der Waals surface area contributed by atoms with Gasteiger partial charge in [-0.05, 0) is 25.1 Å². The Bertz CT molecular complexity index is 570. The van der Waals surface area contributed by atoms with Crippen molar-refractivity contribution in [2.24, 2.45) is 0 Å². The number of allylic oxidation sites excluding steroid dienone is 3. The molecular weight excluding hydrogens is 230 g/mol. The topological polar surface area (TPSA) is 55.4 Å². The molecule has 1 aliphatic rings. The van der Waals surface area contributed by atoms with Crippen LogP contribution in [0.5, 0.6) is 5.75 Å². The van der Waals surface area contributed by atoms with Crippen LogP contribution in [0.3, 0.4) is 0 Å². The largest absolute Gasteiger partial charge is 0.497 e. The van der Waals surface area contributed by atoms with Crippen molar-refractivity contribution < 1.29 is 14.3 Å². The summed E-state index contributed by atoms with van der Waals surface area (Å²) in [7, 11) is 1.57. The van der Waals surface area contributed by atoms with Crippen LogP contribution in [0, 0.1) is 0 Å². The molecular formula is C14H13NO3. The van der Waals surface area contributed by atoms with Crippen LogP contribution in [0.25, 0.3) is 0 Å². The molecule has 92 valence electrons. The van der Waals surface area contributed by atoms with Gasteiger partial charge in [-0.2, -0.15) is 0 Å². The Morgan fingerprint density at radius 2 is 1.89 bits per heavy atom. The van der Waals surface area contributed by atoms with Crippen LogP contribution in [0.2, 0.25) is 0 Å². The SMILES string of the molecule is COc1cccc(NC2=CC(=O)C(C)=CC2=O)c1. The minimum absolute atomic E-state index is 0.153. The van der Waals surface area contributed by atoms with Gasteiger partial charge in [0.2, 0.25) is 5.78 Å². The minimum atomic E-state index is -0.199. The number of hydrogen-bond acceptors (Lipinski definition) is 4. The Labute approximate surface area is 105 Å². The van der Waals surface area contributed by atoms with Crippen LogP contribution in [-0.4, -0.2) is 18.7 Å². The third kappa shape index (κ3) is 2.48. The lowest BCUT2D eigenvalue weighted by Crippen LogP contribution is -2.17. The quantitative estimate of drug-likeness (QED) is 0.826. The van der Waals surface area contributed by atoms with E-state index in [2.05, 4.69) is 5.32 Å². The van der Waals surface area contributed by atoms with Crippen molar-refractivity contribution in [3.05, 3.63) is 47.7 Å². The maximum atomic E-state index is 11.7. The molecule has 0 heterocycles. The molecule has 1 aromatic carbocycles. The molecule has 0 bridgehead atoms. The van der Waals surface area contributed by atoms with Crippen molar-refractivity contribution >= 4 is 17.3 Å². The number of benzene rings is 1. The van der Waals surface area contributed by atoms with Crippen molar-refractivity contribution in [1.82, 2.24) is 0 Å². The summed E-state index contributed by atoms with van der Waals surface area (Å²) in [5, 5.41) is 2.92. The van der Waals surface area contributed by atoms with E-state index in [1.807, 2.05) is 0 Å². The Morgan fingerprint density at radius 1 is 1.11 bits per heavy atom. The van der Waals surface area contributed by atoms with Gasteiger partial charge in [0.15, 0.2) is 5.78 Å². The Morgan fingerprint density at radius 3 is 2.61 bits per heavy atom. The number of carbonyl (C=O) groups is 2. The predicted octanol–water partition coefficient (Wildman–Crippen LogP) is 2.09. The summed E-state index contributed by atoms with van der Waals surface area (Å²) < 4.78 is 5.09. The van der Waals surface area contributed by atoms with E-state index in [-0.39, 0.29) is 17.3 Å². The van der Waals surface area contributed by atoms with Gasteiger partial charge in [0, 0.05) is 23.4 Å². The number of rotatable bonds is 3. The number of ketones is 2. The Balaban J connectivity index is 2.22. The molecule has 0 saturated heterocycles. The zero-order chi connectivity index (χ0) is 13.1. The summed E-state index contributed by atoms with van der Waals surface area (Å²) in [5.74, 6) is 0.330. The second kappa shape index (κ2) is 4.87. The van der Waals surface area contributed by atoms with E-state index >= 15 is 0 Å². The van der Waals surface area contributed by atoms with Crippen LogP contribution >= 0.6 is 0 Å². The third-order valence-electron chi connectivity index (χ3n) is 2.63. The van der Waals surface area contributed by atoms with E-state index < -0.39 is 0 Å². The fourth-order valence-corrected chi connectivity index (χ4v) is 1.62. The second-order valence-electron chi connectivity index (χ2n) is 3.97. The summed E-state index contributed by atoms with van der Waals surface area (Å²) in [5.41, 5.74) is 1.43. The summed E-state index contributed by atoms with van der Waals surface area (Å²) >= 11 is 0. The first-order chi connectivity index (χ1) is 8.60. The van der Waals surface area contributed by atoms with Gasteiger partial charge in [-0.3, -0.25) is 9.59 Å². The molecule has 1 aliphatic carbocycles. The van der Waals surface area contributed by atoms with Gasteiger partial charge in [-0.15, -0.1) is 0 Å². The lowest BCUT2D eigenvalue weighted by atomic mass is 10.0. The second-order valence-corrected chi connectivity index (χ2v) is 3.97. The minimum Gasteiger partial charge on any atom is -0.497 e. The first-order valence-corrected chi connectivity index (χ1v) is 5.50. The molecule has 18 heavy (non-hydrogen) atoms. The molecule has 0 fully saturated rings. The van der Waals surface area contributed by atoms with Crippen LogP contribution in [0.1, 0.15) is 6.92 Å². The molecule has 0 aromatic heterocycles. The van der Waals surface area contributed by atoms with Crippen LogP contribution < -0.4 is 10.1 Å².